The van der Waals surface area contributed by atoms with Crippen LogP contribution in [-0.2, 0) is 9.53 Å². The predicted molar refractivity (Wildman–Crippen MR) is 71.2 cm³/mol. The van der Waals surface area contributed by atoms with Gasteiger partial charge >= 0.3 is 5.97 Å². The number of hydrogen-bond acceptors (Lipinski definition) is 3. The molecule has 0 aliphatic heterocycles. The summed E-state index contributed by atoms with van der Waals surface area (Å²) >= 11 is 0. The highest BCUT2D eigenvalue weighted by Crippen LogP contribution is 2.29. The highest BCUT2D eigenvalue weighted by Gasteiger charge is 2.28. The quantitative estimate of drug-likeness (QED) is 0.804. The molecule has 0 amide bonds. The fourth-order valence-electron chi connectivity index (χ4n) is 2.04. The van der Waals surface area contributed by atoms with Gasteiger partial charge in [0.05, 0.1) is 6.61 Å². The van der Waals surface area contributed by atoms with E-state index in [0.717, 1.165) is 12.1 Å². The average Bonchev–Trinajstić information content (AvgIpc) is 3.18. The van der Waals surface area contributed by atoms with Crippen LogP contribution in [-0.4, -0.2) is 19.1 Å². The number of carbonyl (C=O) groups is 1. The summed E-state index contributed by atoms with van der Waals surface area (Å²) in [6.07, 6.45) is 2.36. The van der Waals surface area contributed by atoms with Gasteiger partial charge in [0.2, 0.25) is 0 Å². The third-order valence-electron chi connectivity index (χ3n) is 3.29. The molecule has 0 bridgehead atoms. The van der Waals surface area contributed by atoms with Gasteiger partial charge in [-0.1, -0.05) is 17.7 Å². The van der Waals surface area contributed by atoms with E-state index in [1.54, 1.807) is 19.1 Å². The van der Waals surface area contributed by atoms with Crippen LogP contribution in [0, 0.1) is 18.7 Å². The van der Waals surface area contributed by atoms with Gasteiger partial charge in [0.1, 0.15) is 11.9 Å². The lowest BCUT2D eigenvalue weighted by atomic mass is 10.0. The molecule has 1 atom stereocenters. The molecule has 0 saturated heterocycles. The molecule has 0 spiro atoms. The first-order valence-electron chi connectivity index (χ1n) is 6.78. The van der Waals surface area contributed by atoms with E-state index in [4.69, 9.17) is 4.74 Å². The SMILES string of the molecule is CCOC(=O)C(NCC1CC1)c1cc(C)ccc1F. The molecule has 0 radical (unpaired) electrons. The number of esters is 1. The Bertz CT molecular complexity index is 457. The molecule has 1 aliphatic carbocycles. The summed E-state index contributed by atoms with van der Waals surface area (Å²) in [4.78, 5) is 12.0. The normalized spacial score (nSPS) is 16.2. The smallest absolute Gasteiger partial charge is 0.327 e. The number of carbonyl (C=O) groups excluding carboxylic acids is 1. The number of rotatable bonds is 6. The minimum atomic E-state index is -0.708. The first-order valence-corrected chi connectivity index (χ1v) is 6.78. The van der Waals surface area contributed by atoms with Gasteiger partial charge in [-0.15, -0.1) is 0 Å². The van der Waals surface area contributed by atoms with Crippen LogP contribution in [0.2, 0.25) is 0 Å². The lowest BCUT2D eigenvalue weighted by Crippen LogP contribution is -2.32. The van der Waals surface area contributed by atoms with Crippen molar-refractivity contribution in [2.24, 2.45) is 5.92 Å². The van der Waals surface area contributed by atoms with Crippen molar-refractivity contribution in [2.75, 3.05) is 13.2 Å². The Morgan fingerprint density at radius 3 is 2.89 bits per heavy atom. The van der Waals surface area contributed by atoms with Crippen LogP contribution >= 0.6 is 0 Å². The van der Waals surface area contributed by atoms with Gasteiger partial charge < -0.3 is 10.1 Å². The summed E-state index contributed by atoms with van der Waals surface area (Å²) < 4.78 is 19.0. The molecule has 104 valence electrons. The van der Waals surface area contributed by atoms with E-state index in [0.29, 0.717) is 18.1 Å². The Hall–Kier alpha value is -1.42. The van der Waals surface area contributed by atoms with E-state index in [1.165, 1.54) is 18.9 Å². The molecule has 3 nitrogen and oxygen atoms in total. The summed E-state index contributed by atoms with van der Waals surface area (Å²) in [5.41, 5.74) is 1.30. The van der Waals surface area contributed by atoms with Gasteiger partial charge in [-0.2, -0.15) is 0 Å². The molecule has 1 N–H and O–H groups in total. The van der Waals surface area contributed by atoms with E-state index >= 15 is 0 Å². The Kier molecular flexibility index (Phi) is 4.53. The third-order valence-corrected chi connectivity index (χ3v) is 3.29. The lowest BCUT2D eigenvalue weighted by Gasteiger charge is -2.18. The number of halogens is 1. The molecule has 4 heteroatoms. The highest BCUT2D eigenvalue weighted by molar-refractivity contribution is 5.77. The largest absolute Gasteiger partial charge is 0.465 e. The van der Waals surface area contributed by atoms with Crippen molar-refractivity contribution in [3.8, 4) is 0 Å². The van der Waals surface area contributed by atoms with Crippen LogP contribution in [0.25, 0.3) is 0 Å². The molecule has 0 heterocycles. The molecular formula is C15H20FNO2. The Labute approximate surface area is 113 Å². The zero-order valence-corrected chi connectivity index (χ0v) is 11.4. The lowest BCUT2D eigenvalue weighted by molar-refractivity contribution is -0.146. The Morgan fingerprint density at radius 2 is 2.26 bits per heavy atom. The minimum absolute atomic E-state index is 0.299. The van der Waals surface area contributed by atoms with Gasteiger partial charge in [0.25, 0.3) is 0 Å². The van der Waals surface area contributed by atoms with E-state index in [2.05, 4.69) is 5.32 Å². The second-order valence-corrected chi connectivity index (χ2v) is 5.06. The molecule has 19 heavy (non-hydrogen) atoms. The van der Waals surface area contributed by atoms with E-state index in [-0.39, 0.29) is 5.82 Å². The van der Waals surface area contributed by atoms with Crippen LogP contribution in [0.4, 0.5) is 4.39 Å². The van der Waals surface area contributed by atoms with Crippen LogP contribution < -0.4 is 5.32 Å². The zero-order valence-electron chi connectivity index (χ0n) is 11.4. The number of benzene rings is 1. The monoisotopic (exact) mass is 265 g/mol. The summed E-state index contributed by atoms with van der Waals surface area (Å²) in [5, 5.41) is 3.14. The van der Waals surface area contributed by atoms with Crippen LogP contribution in [0.15, 0.2) is 18.2 Å². The number of nitrogens with one attached hydrogen (secondary N) is 1. The van der Waals surface area contributed by atoms with Gasteiger partial charge in [0, 0.05) is 5.56 Å². The van der Waals surface area contributed by atoms with Crippen molar-refractivity contribution < 1.29 is 13.9 Å². The molecule has 1 unspecified atom stereocenters. The van der Waals surface area contributed by atoms with Crippen molar-refractivity contribution in [1.29, 1.82) is 0 Å². The Balaban J connectivity index is 2.18. The maximum Gasteiger partial charge on any atom is 0.327 e. The van der Waals surface area contributed by atoms with Gasteiger partial charge in [-0.25, -0.2) is 9.18 Å². The fourth-order valence-corrected chi connectivity index (χ4v) is 2.04. The molecule has 1 aromatic carbocycles. The summed E-state index contributed by atoms with van der Waals surface area (Å²) in [5.74, 6) is -0.163. The predicted octanol–water partition coefficient (Wildman–Crippen LogP) is 2.74. The fraction of sp³-hybridized carbons (Fsp3) is 0.533. The van der Waals surface area contributed by atoms with Crippen LogP contribution in [0.5, 0.6) is 0 Å². The summed E-state index contributed by atoms with van der Waals surface area (Å²) in [6, 6.07) is 4.09. The highest BCUT2D eigenvalue weighted by atomic mass is 19.1. The van der Waals surface area contributed by atoms with Gasteiger partial charge in [0.15, 0.2) is 0 Å². The maximum atomic E-state index is 13.9. The second kappa shape index (κ2) is 6.15. The van der Waals surface area contributed by atoms with Crippen molar-refractivity contribution in [3.63, 3.8) is 0 Å². The molecule has 1 aliphatic rings. The molecule has 0 aromatic heterocycles. The average molecular weight is 265 g/mol. The molecular weight excluding hydrogens is 245 g/mol. The topological polar surface area (TPSA) is 38.3 Å². The number of hydrogen-bond donors (Lipinski definition) is 1. The van der Waals surface area contributed by atoms with Crippen molar-refractivity contribution in [2.45, 2.75) is 32.7 Å². The van der Waals surface area contributed by atoms with Gasteiger partial charge in [-0.05, 0) is 45.2 Å². The van der Waals surface area contributed by atoms with Crippen molar-refractivity contribution in [1.82, 2.24) is 5.32 Å². The maximum absolute atomic E-state index is 13.9. The summed E-state index contributed by atoms with van der Waals surface area (Å²) in [6.45, 7) is 4.67. The van der Waals surface area contributed by atoms with Crippen LogP contribution in [0.3, 0.4) is 0 Å². The second-order valence-electron chi connectivity index (χ2n) is 5.06. The number of ether oxygens (including phenoxy) is 1. The van der Waals surface area contributed by atoms with E-state index < -0.39 is 12.0 Å². The van der Waals surface area contributed by atoms with Crippen molar-refractivity contribution >= 4 is 5.97 Å². The first-order chi connectivity index (χ1) is 9.11. The van der Waals surface area contributed by atoms with E-state index in [1.807, 2.05) is 6.92 Å². The minimum Gasteiger partial charge on any atom is -0.465 e. The molecule has 2 rings (SSSR count). The first kappa shape index (κ1) is 14.0. The van der Waals surface area contributed by atoms with Gasteiger partial charge in [-0.3, -0.25) is 0 Å². The van der Waals surface area contributed by atoms with Crippen molar-refractivity contribution in [3.05, 3.63) is 35.1 Å². The molecule has 1 fully saturated rings. The molecule has 1 saturated carbocycles. The standard InChI is InChI=1S/C15H20FNO2/c1-3-19-15(18)14(17-9-11-5-6-11)12-8-10(2)4-7-13(12)16/h4,7-8,11,14,17H,3,5-6,9H2,1-2H3. The third kappa shape index (κ3) is 3.77. The zero-order chi connectivity index (χ0) is 13.8. The Morgan fingerprint density at radius 1 is 1.53 bits per heavy atom. The number of aryl methyl sites for hydroxylation is 1. The summed E-state index contributed by atoms with van der Waals surface area (Å²) in [7, 11) is 0. The van der Waals surface area contributed by atoms with E-state index in [9.17, 15) is 9.18 Å². The van der Waals surface area contributed by atoms with Crippen LogP contribution in [0.1, 0.15) is 36.9 Å². The molecule has 1 aromatic rings.